The molecule has 0 aromatic heterocycles. The lowest BCUT2D eigenvalue weighted by Gasteiger charge is -2.33. The first-order valence-corrected chi connectivity index (χ1v) is 11.0. The third kappa shape index (κ3) is 2.83. The van der Waals surface area contributed by atoms with E-state index in [-0.39, 0.29) is 29.6 Å². The molecule has 0 spiro atoms. The fourth-order valence-electron chi connectivity index (χ4n) is 5.43. The van der Waals surface area contributed by atoms with Crippen LogP contribution in [-0.2, 0) is 14.4 Å². The first-order valence-electron chi connectivity index (χ1n) is 11.0. The van der Waals surface area contributed by atoms with Crippen LogP contribution in [0.15, 0.2) is 72.3 Å². The van der Waals surface area contributed by atoms with E-state index in [0.29, 0.717) is 11.1 Å². The largest absolute Gasteiger partial charge is 0.342 e. The number of carbonyl (C=O) groups excluding carboxylic acids is 3. The fraction of sp³-hybridized carbons (Fsp3) is 0.269. The van der Waals surface area contributed by atoms with Gasteiger partial charge in [0.2, 0.25) is 17.7 Å². The number of rotatable bonds is 0. The van der Waals surface area contributed by atoms with Crippen molar-refractivity contribution in [3.05, 3.63) is 94.6 Å². The minimum Gasteiger partial charge on any atom is -0.342 e. The second kappa shape index (κ2) is 6.92. The maximum absolute atomic E-state index is 13.5. The normalized spacial score (nSPS) is 32.3. The van der Waals surface area contributed by atoms with Gasteiger partial charge in [0.15, 0.2) is 0 Å². The summed E-state index contributed by atoms with van der Waals surface area (Å²) < 4.78 is 0. The van der Waals surface area contributed by atoms with Crippen molar-refractivity contribution >= 4 is 17.7 Å². The summed E-state index contributed by atoms with van der Waals surface area (Å²) in [5.74, 6) is -1.41. The molecule has 6 nitrogen and oxygen atoms in total. The molecule has 160 valence electrons. The van der Waals surface area contributed by atoms with E-state index in [1.807, 2.05) is 48.5 Å². The zero-order valence-electron chi connectivity index (χ0n) is 17.5. The number of amides is 3. The maximum Gasteiger partial charge on any atom is 0.248 e. The van der Waals surface area contributed by atoms with Crippen molar-refractivity contribution in [2.24, 2.45) is 5.92 Å². The van der Waals surface area contributed by atoms with Crippen molar-refractivity contribution < 1.29 is 14.4 Å². The summed E-state index contributed by atoms with van der Waals surface area (Å²) in [6, 6.07) is 13.0. The molecule has 1 saturated heterocycles. The van der Waals surface area contributed by atoms with Crippen LogP contribution in [0.25, 0.3) is 0 Å². The van der Waals surface area contributed by atoms with Gasteiger partial charge in [-0.1, -0.05) is 73.7 Å². The van der Waals surface area contributed by atoms with Gasteiger partial charge in [-0.2, -0.15) is 0 Å². The average molecular weight is 425 g/mol. The van der Waals surface area contributed by atoms with E-state index >= 15 is 0 Å². The third-order valence-electron chi connectivity index (χ3n) is 7.23. The number of hydrogen-bond acceptors (Lipinski definition) is 3. The summed E-state index contributed by atoms with van der Waals surface area (Å²) in [6.45, 7) is 2.13. The summed E-state index contributed by atoms with van der Waals surface area (Å²) in [5.41, 5.74) is 4.61. The summed E-state index contributed by atoms with van der Waals surface area (Å²) in [7, 11) is 0. The number of benzene rings is 2. The van der Waals surface area contributed by atoms with Crippen molar-refractivity contribution in [2.75, 3.05) is 0 Å². The Balaban J connectivity index is 1.67. The first-order chi connectivity index (χ1) is 15.5. The van der Waals surface area contributed by atoms with Gasteiger partial charge in [-0.15, -0.1) is 0 Å². The van der Waals surface area contributed by atoms with Crippen LogP contribution in [-0.4, -0.2) is 23.8 Å². The molecule has 6 atom stereocenters. The Morgan fingerprint density at radius 3 is 2.06 bits per heavy atom. The van der Waals surface area contributed by atoms with Crippen molar-refractivity contribution in [3.8, 4) is 0 Å². The third-order valence-corrected chi connectivity index (χ3v) is 7.23. The molecule has 32 heavy (non-hydrogen) atoms. The molecular weight excluding hydrogens is 402 g/mol. The Kier molecular flexibility index (Phi) is 4.12. The predicted molar refractivity (Wildman–Crippen MR) is 118 cm³/mol. The Morgan fingerprint density at radius 1 is 0.719 bits per heavy atom. The van der Waals surface area contributed by atoms with Gasteiger partial charge in [0.1, 0.15) is 18.1 Å². The Bertz CT molecular complexity index is 1230. The van der Waals surface area contributed by atoms with E-state index in [9.17, 15) is 14.4 Å². The smallest absolute Gasteiger partial charge is 0.248 e. The lowest BCUT2D eigenvalue weighted by atomic mass is 9.74. The molecule has 3 aliphatic heterocycles. The molecule has 0 radical (unpaired) electrons. The van der Waals surface area contributed by atoms with Crippen molar-refractivity contribution in [1.82, 2.24) is 16.0 Å². The van der Waals surface area contributed by atoms with Gasteiger partial charge in [-0.25, -0.2) is 0 Å². The molecule has 1 aliphatic carbocycles. The number of fused-ring (bicyclic) bond motifs is 11. The predicted octanol–water partition coefficient (Wildman–Crippen LogP) is 2.53. The molecule has 3 amide bonds. The molecule has 3 N–H and O–H groups in total. The van der Waals surface area contributed by atoms with Crippen molar-refractivity contribution in [3.63, 3.8) is 0 Å². The van der Waals surface area contributed by atoms with Gasteiger partial charge < -0.3 is 16.0 Å². The minimum atomic E-state index is -0.885. The first kappa shape index (κ1) is 19.0. The molecule has 4 aliphatic rings. The molecule has 0 saturated carbocycles. The summed E-state index contributed by atoms with van der Waals surface area (Å²) >= 11 is 0. The van der Waals surface area contributed by atoms with Gasteiger partial charge in [-0.3, -0.25) is 14.4 Å². The highest BCUT2D eigenvalue weighted by Crippen LogP contribution is 2.41. The Morgan fingerprint density at radius 2 is 1.31 bits per heavy atom. The average Bonchev–Trinajstić information content (AvgIpc) is 2.87. The molecule has 6 rings (SSSR count). The molecule has 9 bridgehead atoms. The lowest BCUT2D eigenvalue weighted by molar-refractivity contribution is -0.130. The summed E-state index contributed by atoms with van der Waals surface area (Å²) in [6.07, 6.45) is 6.40. The molecule has 6 heteroatoms. The van der Waals surface area contributed by atoms with Gasteiger partial charge in [0, 0.05) is 17.8 Å². The van der Waals surface area contributed by atoms with E-state index in [2.05, 4.69) is 41.1 Å². The van der Waals surface area contributed by atoms with Crippen LogP contribution < -0.4 is 16.0 Å². The second-order valence-electron chi connectivity index (χ2n) is 9.06. The molecule has 6 unspecified atom stereocenters. The molecule has 2 aromatic rings. The monoisotopic (exact) mass is 425 g/mol. The van der Waals surface area contributed by atoms with Crippen LogP contribution in [0.5, 0.6) is 0 Å². The van der Waals surface area contributed by atoms with Gasteiger partial charge >= 0.3 is 0 Å². The van der Waals surface area contributed by atoms with Crippen LogP contribution in [0.3, 0.4) is 0 Å². The van der Waals surface area contributed by atoms with Crippen LogP contribution in [0, 0.1) is 5.92 Å². The van der Waals surface area contributed by atoms with E-state index in [4.69, 9.17) is 0 Å². The van der Waals surface area contributed by atoms with Crippen LogP contribution in [0.2, 0.25) is 0 Å². The van der Waals surface area contributed by atoms with Crippen molar-refractivity contribution in [1.29, 1.82) is 0 Å². The highest BCUT2D eigenvalue weighted by atomic mass is 16.2. The zero-order chi connectivity index (χ0) is 22.0. The Hall–Kier alpha value is -3.67. The number of nitrogens with one attached hydrogen (secondary N) is 3. The number of carbonyl (C=O) groups is 3. The SMILES string of the molecule is CC1C2=CC3C4NC(=O)C(NC(=O)C(NC4=O)c4cccc(c4)C3C=C2)c2cccc1c2. The zero-order valence-corrected chi connectivity index (χ0v) is 17.5. The highest BCUT2D eigenvalue weighted by Gasteiger charge is 2.43. The van der Waals surface area contributed by atoms with Gasteiger partial charge in [0.05, 0.1) is 0 Å². The minimum absolute atomic E-state index is 0.0788. The molecular formula is C26H23N3O3. The van der Waals surface area contributed by atoms with E-state index in [0.717, 1.165) is 16.7 Å². The molecule has 1 fully saturated rings. The molecule has 3 heterocycles. The highest BCUT2D eigenvalue weighted by molar-refractivity contribution is 5.98. The fourth-order valence-corrected chi connectivity index (χ4v) is 5.43. The van der Waals surface area contributed by atoms with Crippen LogP contribution in [0.1, 0.15) is 53.1 Å². The maximum atomic E-state index is 13.5. The lowest BCUT2D eigenvalue weighted by Crippen LogP contribution is -2.52. The van der Waals surface area contributed by atoms with Crippen LogP contribution in [0.4, 0.5) is 0 Å². The van der Waals surface area contributed by atoms with Crippen LogP contribution >= 0.6 is 0 Å². The molecule has 2 aromatic carbocycles. The second-order valence-corrected chi connectivity index (χ2v) is 9.06. The van der Waals surface area contributed by atoms with E-state index in [1.54, 1.807) is 0 Å². The summed E-state index contributed by atoms with van der Waals surface area (Å²) in [5, 5.41) is 8.79. The van der Waals surface area contributed by atoms with E-state index in [1.165, 1.54) is 0 Å². The van der Waals surface area contributed by atoms with E-state index < -0.39 is 24.0 Å². The number of hydrogen-bond donors (Lipinski definition) is 3. The summed E-state index contributed by atoms with van der Waals surface area (Å²) in [4.78, 5) is 40.3. The number of allylic oxidation sites excluding steroid dienone is 3. The van der Waals surface area contributed by atoms with Gasteiger partial charge in [0.25, 0.3) is 0 Å². The quantitative estimate of drug-likeness (QED) is 0.606. The van der Waals surface area contributed by atoms with Crippen molar-refractivity contribution in [2.45, 2.75) is 36.9 Å². The topological polar surface area (TPSA) is 87.3 Å². The van der Waals surface area contributed by atoms with Gasteiger partial charge in [-0.05, 0) is 27.8 Å². The Labute approximate surface area is 185 Å². The standard InChI is InChI=1S/C26H23N3O3/c1-13-14-4-2-6-17(10-14)21-25(31)29-23-20-12-15(13)8-9-19(20)16-5-3-7-18(11-16)22(24(30)27-21)28-26(23)32/h2-13,19-23H,1H3,(H,27,30)(H,28,32)(H,29,31).